The molecule has 0 unspecified atom stereocenters. The fraction of sp³-hybridized carbons (Fsp3) is 0.0233. The molecule has 0 saturated carbocycles. The molecule has 3 heterocycles. The molecule has 4 aliphatic rings. The molecular formula is C86H50N2O. The Morgan fingerprint density at radius 3 is 1.16 bits per heavy atom. The molecule has 0 saturated heterocycles. The van der Waals surface area contributed by atoms with Gasteiger partial charge in [-0.05, 0) is 155 Å². The molecule has 0 fully saturated rings. The van der Waals surface area contributed by atoms with Crippen LogP contribution in [-0.2, 0) is 10.8 Å². The van der Waals surface area contributed by atoms with Crippen molar-refractivity contribution in [1.82, 2.24) is 9.13 Å². The molecular weight excluding hydrogens is 1080 g/mol. The monoisotopic (exact) mass is 1130 g/mol. The molecule has 0 atom stereocenters. The van der Waals surface area contributed by atoms with Crippen molar-refractivity contribution >= 4 is 65.6 Å². The van der Waals surface area contributed by atoms with Crippen molar-refractivity contribution in [2.45, 2.75) is 10.8 Å². The Balaban J connectivity index is 0.825. The first kappa shape index (κ1) is 47.7. The van der Waals surface area contributed by atoms with Gasteiger partial charge in [-0.25, -0.2) is 0 Å². The zero-order chi connectivity index (χ0) is 57.8. The van der Waals surface area contributed by atoms with Crippen LogP contribution < -0.4 is 0 Å². The van der Waals surface area contributed by atoms with Gasteiger partial charge in [0, 0.05) is 60.4 Å². The smallest absolute Gasteiger partial charge is 0.143 e. The molecule has 14 aromatic carbocycles. The highest BCUT2D eigenvalue weighted by Crippen LogP contribution is 2.67. The fourth-order valence-corrected chi connectivity index (χ4v) is 17.6. The van der Waals surface area contributed by atoms with Crippen LogP contribution in [0.4, 0.5) is 0 Å². The molecule has 0 amide bonds. The van der Waals surface area contributed by atoms with Gasteiger partial charge in [0.1, 0.15) is 11.2 Å². The standard InChI is InChI=1S/C86H50N2O/c1-3-20-54(21-4-1)87-77-46-39-51(48-69(77)66-44-42-64-61-28-11-17-36-75(61)85(80(64)82(66)87)71-32-13-7-24-57(71)58-25-8-14-33-72(58)85)52-38-41-62-65-43-45-67-70-49-53(56-30-19-31-68-63-29-12-18-37-79(63)89-84(56)68)40-47-78(70)88(55-22-5-2-6-23-55)83(67)81(65)86(76(62)50-52)73-34-15-9-26-59(73)60-27-10-16-35-74(60)86/h1-50H. The third kappa shape index (κ3) is 5.84. The van der Waals surface area contributed by atoms with E-state index in [2.05, 4.69) is 312 Å². The van der Waals surface area contributed by atoms with Crippen LogP contribution in [0, 0.1) is 0 Å². The molecule has 4 aliphatic carbocycles. The maximum atomic E-state index is 6.70. The Morgan fingerprint density at radius 2 is 0.618 bits per heavy atom. The van der Waals surface area contributed by atoms with E-state index in [1.54, 1.807) is 0 Å². The summed E-state index contributed by atoms with van der Waals surface area (Å²) in [7, 11) is 0. The average molecular weight is 1130 g/mol. The Morgan fingerprint density at radius 1 is 0.236 bits per heavy atom. The van der Waals surface area contributed by atoms with Gasteiger partial charge in [-0.15, -0.1) is 0 Å². The number of hydrogen-bond donors (Lipinski definition) is 0. The quantitative estimate of drug-likeness (QED) is 0.172. The van der Waals surface area contributed by atoms with Crippen LogP contribution in [0.2, 0.25) is 0 Å². The van der Waals surface area contributed by atoms with E-state index in [9.17, 15) is 0 Å². The van der Waals surface area contributed by atoms with Gasteiger partial charge in [0.05, 0.1) is 32.9 Å². The van der Waals surface area contributed by atoms with Crippen LogP contribution in [0.5, 0.6) is 0 Å². The molecule has 3 nitrogen and oxygen atoms in total. The van der Waals surface area contributed by atoms with Gasteiger partial charge >= 0.3 is 0 Å². The van der Waals surface area contributed by atoms with Crippen LogP contribution in [0.25, 0.3) is 144 Å². The van der Waals surface area contributed by atoms with E-state index in [0.717, 1.165) is 50.0 Å². The van der Waals surface area contributed by atoms with E-state index >= 15 is 0 Å². The number of para-hydroxylation sites is 4. The number of furan rings is 1. The normalized spacial score (nSPS) is 14.0. The largest absolute Gasteiger partial charge is 0.455 e. The molecule has 0 N–H and O–H groups in total. The molecule has 0 radical (unpaired) electrons. The minimum atomic E-state index is -0.665. The van der Waals surface area contributed by atoms with Crippen LogP contribution in [0.1, 0.15) is 44.5 Å². The molecule has 17 aromatic rings. The molecule has 3 heteroatoms. The van der Waals surface area contributed by atoms with Gasteiger partial charge in [-0.1, -0.05) is 243 Å². The summed E-state index contributed by atoms with van der Waals surface area (Å²) in [5.74, 6) is 0. The average Bonchev–Trinajstić information content (AvgIpc) is 1.51. The summed E-state index contributed by atoms with van der Waals surface area (Å²) >= 11 is 0. The Hall–Kier alpha value is -11.5. The van der Waals surface area contributed by atoms with Gasteiger partial charge in [0.2, 0.25) is 0 Å². The molecule has 3 aromatic heterocycles. The minimum Gasteiger partial charge on any atom is -0.455 e. The number of aromatic nitrogens is 2. The van der Waals surface area contributed by atoms with Crippen molar-refractivity contribution in [3.63, 3.8) is 0 Å². The maximum Gasteiger partial charge on any atom is 0.143 e. The predicted molar refractivity (Wildman–Crippen MR) is 366 cm³/mol. The molecule has 89 heavy (non-hydrogen) atoms. The number of nitrogens with zero attached hydrogens (tertiary/aromatic N) is 2. The first-order valence-corrected chi connectivity index (χ1v) is 31.1. The first-order valence-electron chi connectivity index (χ1n) is 31.1. The van der Waals surface area contributed by atoms with E-state index in [1.807, 2.05) is 0 Å². The summed E-state index contributed by atoms with van der Waals surface area (Å²) in [5, 5.41) is 7.16. The van der Waals surface area contributed by atoms with Crippen molar-refractivity contribution < 1.29 is 4.42 Å². The van der Waals surface area contributed by atoms with Crippen LogP contribution >= 0.6 is 0 Å². The van der Waals surface area contributed by atoms with E-state index in [4.69, 9.17) is 4.42 Å². The van der Waals surface area contributed by atoms with Gasteiger partial charge in [0.15, 0.2) is 0 Å². The topological polar surface area (TPSA) is 23.0 Å². The summed E-state index contributed by atoms with van der Waals surface area (Å²) in [6, 6.07) is 114. The van der Waals surface area contributed by atoms with Crippen molar-refractivity contribution in [1.29, 1.82) is 0 Å². The van der Waals surface area contributed by atoms with Crippen LogP contribution in [0.3, 0.4) is 0 Å². The van der Waals surface area contributed by atoms with Gasteiger partial charge < -0.3 is 13.6 Å². The van der Waals surface area contributed by atoms with E-state index in [1.165, 1.54) is 138 Å². The zero-order valence-electron chi connectivity index (χ0n) is 48.2. The second-order valence-corrected chi connectivity index (χ2v) is 24.8. The zero-order valence-corrected chi connectivity index (χ0v) is 48.2. The summed E-state index contributed by atoms with van der Waals surface area (Å²) in [6.45, 7) is 0. The highest BCUT2D eigenvalue weighted by Gasteiger charge is 2.55. The molecule has 2 spiro atoms. The van der Waals surface area contributed by atoms with Gasteiger partial charge in [-0.3, -0.25) is 0 Å². The lowest BCUT2D eigenvalue weighted by molar-refractivity contribution is 0.670. The summed E-state index contributed by atoms with van der Waals surface area (Å²) < 4.78 is 11.8. The number of fused-ring (bicyclic) bond motifs is 31. The second kappa shape index (κ2) is 17.1. The van der Waals surface area contributed by atoms with Crippen LogP contribution in [-0.4, -0.2) is 9.13 Å². The number of rotatable bonds is 4. The lowest BCUT2D eigenvalue weighted by Crippen LogP contribution is -2.26. The van der Waals surface area contributed by atoms with Crippen molar-refractivity contribution in [3.05, 3.63) is 348 Å². The second-order valence-electron chi connectivity index (χ2n) is 24.8. The molecule has 0 bridgehead atoms. The third-order valence-corrected chi connectivity index (χ3v) is 20.9. The third-order valence-electron chi connectivity index (χ3n) is 20.9. The van der Waals surface area contributed by atoms with Crippen molar-refractivity contribution in [2.75, 3.05) is 0 Å². The Kier molecular flexibility index (Phi) is 9.18. The molecule has 21 rings (SSSR count). The summed E-state index contributed by atoms with van der Waals surface area (Å²) in [5.41, 5.74) is 33.2. The highest BCUT2D eigenvalue weighted by atomic mass is 16.3. The van der Waals surface area contributed by atoms with E-state index < -0.39 is 10.8 Å². The molecule has 410 valence electrons. The minimum absolute atomic E-state index is 0.524. The Bertz CT molecular complexity index is 5880. The molecule has 0 aliphatic heterocycles. The first-order chi connectivity index (χ1) is 44.2. The van der Waals surface area contributed by atoms with Crippen LogP contribution in [0.15, 0.2) is 308 Å². The van der Waals surface area contributed by atoms with Gasteiger partial charge in [-0.2, -0.15) is 0 Å². The lowest BCUT2D eigenvalue weighted by atomic mass is 9.69. The SMILES string of the molecule is c1ccc(-n2c3ccc(-c4ccc5c(c4)C4(c6ccccc6-c6ccccc64)c4c-5ccc5c6cc(-c7cccc8c7oc7ccccc78)ccc6n(-c6ccccc6)c45)cc3c3ccc4c(c32)C2(c3ccccc3-c3ccccc32)c2ccccc2-4)cc1. The van der Waals surface area contributed by atoms with Crippen molar-refractivity contribution in [2.24, 2.45) is 0 Å². The fourth-order valence-electron chi connectivity index (χ4n) is 17.6. The number of benzene rings is 14. The summed E-state index contributed by atoms with van der Waals surface area (Å²) in [6.07, 6.45) is 0. The van der Waals surface area contributed by atoms with Gasteiger partial charge in [0.25, 0.3) is 0 Å². The summed E-state index contributed by atoms with van der Waals surface area (Å²) in [4.78, 5) is 0. The van der Waals surface area contributed by atoms with Crippen molar-refractivity contribution in [3.8, 4) is 78.1 Å². The number of hydrogen-bond acceptors (Lipinski definition) is 1. The highest BCUT2D eigenvalue weighted by molar-refractivity contribution is 6.18. The lowest BCUT2D eigenvalue weighted by Gasteiger charge is -2.31. The maximum absolute atomic E-state index is 6.70. The predicted octanol–water partition coefficient (Wildman–Crippen LogP) is 21.8. The van der Waals surface area contributed by atoms with E-state index in [-0.39, 0.29) is 0 Å². The Labute approximate surface area is 512 Å². The van der Waals surface area contributed by atoms with E-state index in [0.29, 0.717) is 0 Å².